The number of para-hydroxylation sites is 1. The van der Waals surface area contributed by atoms with Crippen LogP contribution in [0.5, 0.6) is 5.75 Å². The molecule has 0 aliphatic heterocycles. The summed E-state index contributed by atoms with van der Waals surface area (Å²) in [5.41, 5.74) is 5.05. The van der Waals surface area contributed by atoms with Gasteiger partial charge in [-0.3, -0.25) is 19.7 Å². The monoisotopic (exact) mass is 300 g/mol. The first-order valence-electron chi connectivity index (χ1n) is 6.28. The van der Waals surface area contributed by atoms with Crippen LogP contribution in [0.25, 0.3) is 0 Å². The van der Waals surface area contributed by atoms with Gasteiger partial charge in [-0.1, -0.05) is 12.1 Å². The number of benzene rings is 2. The highest BCUT2D eigenvalue weighted by atomic mass is 16.6. The van der Waals surface area contributed by atoms with Crippen LogP contribution in [0.1, 0.15) is 27.1 Å². The number of Topliss-reactive ketones (excluding diaryl/α,β-unsaturated/α-hetero) is 2. The van der Waals surface area contributed by atoms with Gasteiger partial charge in [-0.15, -0.1) is 0 Å². The van der Waals surface area contributed by atoms with E-state index in [1.807, 2.05) is 0 Å². The third kappa shape index (κ3) is 3.09. The Morgan fingerprint density at radius 2 is 1.82 bits per heavy atom. The van der Waals surface area contributed by atoms with Crippen molar-refractivity contribution in [3.8, 4) is 5.75 Å². The maximum Gasteiger partial charge on any atom is 0.292 e. The van der Waals surface area contributed by atoms with E-state index in [-0.39, 0.29) is 28.3 Å². The number of nitrogens with two attached hydrogens (primary N) is 1. The maximum atomic E-state index is 12.1. The summed E-state index contributed by atoms with van der Waals surface area (Å²) in [7, 11) is 0. The predicted octanol–water partition coefficient (Wildman–Crippen LogP) is 2.34. The van der Waals surface area contributed by atoms with Gasteiger partial charge in [0, 0.05) is 11.6 Å². The van der Waals surface area contributed by atoms with Crippen molar-refractivity contribution in [2.45, 2.75) is 6.42 Å². The van der Waals surface area contributed by atoms with Crippen LogP contribution in [0.2, 0.25) is 0 Å². The quantitative estimate of drug-likeness (QED) is 0.287. The summed E-state index contributed by atoms with van der Waals surface area (Å²) in [4.78, 5) is 34.2. The molecule has 112 valence electrons. The Balaban J connectivity index is 2.23. The zero-order valence-corrected chi connectivity index (χ0v) is 11.4. The first kappa shape index (κ1) is 15.2. The zero-order valence-electron chi connectivity index (χ0n) is 11.4. The second kappa shape index (κ2) is 6.04. The summed E-state index contributed by atoms with van der Waals surface area (Å²) in [5.74, 6) is -1.37. The molecule has 3 N–H and O–H groups in total. The highest BCUT2D eigenvalue weighted by molar-refractivity contribution is 6.14. The fourth-order valence-electron chi connectivity index (χ4n) is 1.93. The molecule has 0 radical (unpaired) electrons. The van der Waals surface area contributed by atoms with E-state index in [0.29, 0.717) is 0 Å². The minimum atomic E-state index is -0.697. The first-order valence-corrected chi connectivity index (χ1v) is 6.28. The number of ketones is 2. The molecule has 0 heterocycles. The summed E-state index contributed by atoms with van der Waals surface area (Å²) < 4.78 is 0. The number of phenols is 1. The van der Waals surface area contributed by atoms with E-state index >= 15 is 0 Å². The number of nitrogen functional groups attached to an aromatic ring is 1. The fourth-order valence-corrected chi connectivity index (χ4v) is 1.93. The van der Waals surface area contributed by atoms with Gasteiger partial charge < -0.3 is 10.8 Å². The Morgan fingerprint density at radius 1 is 1.14 bits per heavy atom. The van der Waals surface area contributed by atoms with Gasteiger partial charge in [0.15, 0.2) is 11.6 Å². The second-order valence-corrected chi connectivity index (χ2v) is 4.57. The lowest BCUT2D eigenvalue weighted by atomic mass is 10.0. The number of carbonyl (C=O) groups excluding carboxylic acids is 2. The van der Waals surface area contributed by atoms with Crippen LogP contribution in [0.15, 0.2) is 42.5 Å². The van der Waals surface area contributed by atoms with Crippen LogP contribution in [0, 0.1) is 10.1 Å². The molecule has 0 bridgehead atoms. The van der Waals surface area contributed by atoms with Crippen molar-refractivity contribution >= 4 is 22.9 Å². The lowest BCUT2D eigenvalue weighted by Gasteiger charge is -2.04. The summed E-state index contributed by atoms with van der Waals surface area (Å²) in [5, 5.41) is 20.4. The van der Waals surface area contributed by atoms with Gasteiger partial charge in [-0.2, -0.15) is 0 Å². The summed E-state index contributed by atoms with van der Waals surface area (Å²) in [6.45, 7) is 0. The smallest absolute Gasteiger partial charge is 0.292 e. The van der Waals surface area contributed by atoms with E-state index in [4.69, 9.17) is 5.73 Å². The van der Waals surface area contributed by atoms with Crippen LogP contribution in [0.3, 0.4) is 0 Å². The van der Waals surface area contributed by atoms with E-state index in [1.54, 1.807) is 12.1 Å². The van der Waals surface area contributed by atoms with Gasteiger partial charge in [0.1, 0.15) is 11.4 Å². The van der Waals surface area contributed by atoms with Gasteiger partial charge in [0.2, 0.25) is 0 Å². The number of carbonyl (C=O) groups is 2. The second-order valence-electron chi connectivity index (χ2n) is 4.57. The number of hydrogen-bond donors (Lipinski definition) is 2. The highest BCUT2D eigenvalue weighted by Gasteiger charge is 2.19. The van der Waals surface area contributed by atoms with Crippen LogP contribution < -0.4 is 5.73 Å². The van der Waals surface area contributed by atoms with Crippen LogP contribution in [-0.2, 0) is 0 Å². The number of phenolic OH excluding ortho intramolecular Hbond substituents is 1. The number of anilines is 1. The molecule has 2 aromatic carbocycles. The number of rotatable bonds is 5. The number of aromatic hydroxyl groups is 1. The van der Waals surface area contributed by atoms with Crippen molar-refractivity contribution in [2.75, 3.05) is 5.73 Å². The molecule has 0 saturated carbocycles. The number of nitro groups is 1. The Hall–Kier alpha value is -3.22. The molecule has 0 atom stereocenters. The molecular formula is C15H12N2O5. The third-order valence-corrected chi connectivity index (χ3v) is 3.07. The Labute approximate surface area is 125 Å². The molecule has 22 heavy (non-hydrogen) atoms. The minimum Gasteiger partial charge on any atom is -0.507 e. The highest BCUT2D eigenvalue weighted by Crippen LogP contribution is 2.24. The van der Waals surface area contributed by atoms with E-state index in [0.717, 1.165) is 6.07 Å². The predicted molar refractivity (Wildman–Crippen MR) is 78.9 cm³/mol. The summed E-state index contributed by atoms with van der Waals surface area (Å²) in [6, 6.07) is 9.46. The largest absolute Gasteiger partial charge is 0.507 e. The van der Waals surface area contributed by atoms with Gasteiger partial charge in [0.25, 0.3) is 5.69 Å². The molecule has 2 rings (SSSR count). The molecule has 0 saturated heterocycles. The van der Waals surface area contributed by atoms with E-state index in [1.165, 1.54) is 24.3 Å². The number of nitro benzene ring substituents is 1. The van der Waals surface area contributed by atoms with Crippen LogP contribution in [0.4, 0.5) is 11.4 Å². The summed E-state index contributed by atoms with van der Waals surface area (Å²) >= 11 is 0. The Bertz CT molecular complexity index is 770. The van der Waals surface area contributed by atoms with E-state index < -0.39 is 22.9 Å². The van der Waals surface area contributed by atoms with E-state index in [2.05, 4.69) is 0 Å². The lowest BCUT2D eigenvalue weighted by Crippen LogP contribution is -2.09. The van der Waals surface area contributed by atoms with Crippen LogP contribution in [-0.4, -0.2) is 21.6 Å². The van der Waals surface area contributed by atoms with Gasteiger partial charge >= 0.3 is 0 Å². The SMILES string of the molecule is Nc1ccc(C(=O)CC(=O)c2ccccc2O)cc1[N+](=O)[O-]. The lowest BCUT2D eigenvalue weighted by molar-refractivity contribution is -0.383. The third-order valence-electron chi connectivity index (χ3n) is 3.07. The van der Waals surface area contributed by atoms with Crippen molar-refractivity contribution in [3.63, 3.8) is 0 Å². The van der Waals surface area contributed by atoms with Crippen molar-refractivity contribution in [3.05, 3.63) is 63.7 Å². The molecular weight excluding hydrogens is 288 g/mol. The topological polar surface area (TPSA) is 124 Å². The van der Waals surface area contributed by atoms with E-state index in [9.17, 15) is 24.8 Å². The van der Waals surface area contributed by atoms with Gasteiger partial charge in [0.05, 0.1) is 16.9 Å². The Morgan fingerprint density at radius 3 is 2.45 bits per heavy atom. The standard InChI is InChI=1S/C15H12N2O5/c16-11-6-5-9(7-12(11)17(21)22)14(19)8-15(20)10-3-1-2-4-13(10)18/h1-7,18H,8,16H2. The molecule has 7 nitrogen and oxygen atoms in total. The van der Waals surface area contributed by atoms with Crippen molar-refractivity contribution < 1.29 is 19.6 Å². The molecule has 0 spiro atoms. The van der Waals surface area contributed by atoms with Gasteiger partial charge in [-0.25, -0.2) is 0 Å². The number of hydrogen-bond acceptors (Lipinski definition) is 6. The molecule has 0 aliphatic rings. The number of nitrogens with zero attached hydrogens (tertiary/aromatic N) is 1. The molecule has 0 fully saturated rings. The average molecular weight is 300 g/mol. The van der Waals surface area contributed by atoms with Crippen molar-refractivity contribution in [1.29, 1.82) is 0 Å². The first-order chi connectivity index (χ1) is 10.4. The zero-order chi connectivity index (χ0) is 16.3. The fraction of sp³-hybridized carbons (Fsp3) is 0.0667. The maximum absolute atomic E-state index is 12.1. The molecule has 0 unspecified atom stereocenters. The molecule has 0 amide bonds. The molecule has 0 aromatic heterocycles. The van der Waals surface area contributed by atoms with Crippen LogP contribution >= 0.6 is 0 Å². The molecule has 0 aliphatic carbocycles. The normalized spacial score (nSPS) is 10.2. The Kier molecular flexibility index (Phi) is 4.17. The van der Waals surface area contributed by atoms with Crippen molar-refractivity contribution in [2.24, 2.45) is 0 Å². The summed E-state index contributed by atoms with van der Waals surface area (Å²) in [6.07, 6.45) is -0.501. The molecule has 7 heteroatoms. The average Bonchev–Trinajstić information content (AvgIpc) is 2.47. The van der Waals surface area contributed by atoms with Crippen molar-refractivity contribution in [1.82, 2.24) is 0 Å². The molecule has 2 aromatic rings. The van der Waals surface area contributed by atoms with Gasteiger partial charge in [-0.05, 0) is 24.3 Å². The minimum absolute atomic E-state index is 0.0182.